The molecule has 1 heterocycles. The smallest absolute Gasteiger partial charge is 0.115 e. The van der Waals surface area contributed by atoms with Gasteiger partial charge in [-0.05, 0) is 31.2 Å². The first-order valence-corrected chi connectivity index (χ1v) is 8.11. The number of β-amino-alcohol motifs (C(OH)–C–C–N with tert-alkyl or cyclic N) is 1. The van der Waals surface area contributed by atoms with E-state index in [9.17, 15) is 10.2 Å². The number of ether oxygens (including phenoxy) is 1. The summed E-state index contributed by atoms with van der Waals surface area (Å²) in [5.41, 5.74) is 1.07. The van der Waals surface area contributed by atoms with Crippen molar-refractivity contribution in [2.24, 2.45) is 0 Å². The zero-order valence-corrected chi connectivity index (χ0v) is 13.6. The van der Waals surface area contributed by atoms with Crippen LogP contribution in [-0.2, 0) is 4.74 Å². The number of rotatable bonds is 7. The lowest BCUT2D eigenvalue weighted by molar-refractivity contribution is 0.00413. The van der Waals surface area contributed by atoms with Crippen molar-refractivity contribution in [3.63, 3.8) is 0 Å². The molecule has 5 nitrogen and oxygen atoms in total. The highest BCUT2D eigenvalue weighted by molar-refractivity contribution is 5.29. The molecule has 0 radical (unpaired) electrons. The van der Waals surface area contributed by atoms with Crippen molar-refractivity contribution in [2.75, 3.05) is 45.9 Å². The van der Waals surface area contributed by atoms with Crippen molar-refractivity contribution >= 4 is 0 Å². The number of hydrogen-bond acceptors (Lipinski definition) is 5. The van der Waals surface area contributed by atoms with Crippen LogP contribution in [0.2, 0.25) is 0 Å². The number of nitrogens with zero attached hydrogens (tertiary/aromatic N) is 2. The summed E-state index contributed by atoms with van der Waals surface area (Å²) in [6, 6.07) is 7.51. The fourth-order valence-electron chi connectivity index (χ4n) is 2.97. The number of likely N-dealkylation sites (N-methyl/N-ethyl adjacent to an activating group) is 1. The molecule has 2 rings (SSSR count). The number of benzene rings is 1. The van der Waals surface area contributed by atoms with E-state index in [1.165, 1.54) is 0 Å². The average Bonchev–Trinajstić information content (AvgIpc) is 2.53. The Morgan fingerprint density at radius 2 is 2.05 bits per heavy atom. The second-order valence-corrected chi connectivity index (χ2v) is 5.93. The maximum Gasteiger partial charge on any atom is 0.115 e. The van der Waals surface area contributed by atoms with Crippen LogP contribution in [0.5, 0.6) is 5.75 Å². The molecule has 0 amide bonds. The van der Waals surface area contributed by atoms with E-state index in [0.29, 0.717) is 13.1 Å². The fraction of sp³-hybridized carbons (Fsp3) is 0.647. The van der Waals surface area contributed by atoms with Crippen LogP contribution in [0.1, 0.15) is 25.5 Å². The quantitative estimate of drug-likeness (QED) is 0.799. The number of aromatic hydroxyl groups is 1. The van der Waals surface area contributed by atoms with Gasteiger partial charge in [0.15, 0.2) is 0 Å². The van der Waals surface area contributed by atoms with Gasteiger partial charge < -0.3 is 14.9 Å². The lowest BCUT2D eigenvalue weighted by Gasteiger charge is -2.33. The maximum absolute atomic E-state index is 10.4. The van der Waals surface area contributed by atoms with Crippen molar-refractivity contribution in [1.29, 1.82) is 0 Å². The minimum atomic E-state index is -0.377. The van der Waals surface area contributed by atoms with Gasteiger partial charge in [-0.2, -0.15) is 0 Å². The molecule has 1 aliphatic rings. The van der Waals surface area contributed by atoms with Crippen molar-refractivity contribution < 1.29 is 14.9 Å². The number of aliphatic hydroxyl groups excluding tert-OH is 1. The highest BCUT2D eigenvalue weighted by atomic mass is 16.5. The van der Waals surface area contributed by atoms with Crippen LogP contribution < -0.4 is 0 Å². The Morgan fingerprint density at radius 3 is 2.68 bits per heavy atom. The van der Waals surface area contributed by atoms with Crippen LogP contribution in [0.25, 0.3) is 0 Å². The highest BCUT2D eigenvalue weighted by Gasteiger charge is 2.20. The normalized spacial score (nSPS) is 19.3. The average molecular weight is 308 g/mol. The van der Waals surface area contributed by atoms with Gasteiger partial charge in [0.05, 0.1) is 19.3 Å². The van der Waals surface area contributed by atoms with Crippen LogP contribution in [-0.4, -0.2) is 72.1 Å². The molecule has 1 saturated heterocycles. The minimum Gasteiger partial charge on any atom is -0.508 e. The van der Waals surface area contributed by atoms with E-state index in [0.717, 1.165) is 38.4 Å². The third-order valence-corrected chi connectivity index (χ3v) is 4.32. The van der Waals surface area contributed by atoms with E-state index in [1.807, 2.05) is 12.1 Å². The summed E-state index contributed by atoms with van der Waals surface area (Å²) in [4.78, 5) is 4.49. The molecule has 0 aliphatic carbocycles. The molecule has 0 aromatic heterocycles. The summed E-state index contributed by atoms with van der Waals surface area (Å²) in [6.07, 6.45) is -0.377. The van der Waals surface area contributed by atoms with Gasteiger partial charge in [0.25, 0.3) is 0 Å². The van der Waals surface area contributed by atoms with Crippen LogP contribution in [0.4, 0.5) is 0 Å². The van der Waals surface area contributed by atoms with E-state index in [2.05, 4.69) is 23.6 Å². The predicted molar refractivity (Wildman–Crippen MR) is 87.0 cm³/mol. The van der Waals surface area contributed by atoms with Crippen LogP contribution >= 0.6 is 0 Å². The molecule has 1 aromatic carbocycles. The predicted octanol–water partition coefficient (Wildman–Crippen LogP) is 1.47. The van der Waals surface area contributed by atoms with Gasteiger partial charge in [-0.3, -0.25) is 9.80 Å². The summed E-state index contributed by atoms with van der Waals surface area (Å²) >= 11 is 0. The molecule has 2 unspecified atom stereocenters. The molecule has 22 heavy (non-hydrogen) atoms. The topological polar surface area (TPSA) is 56.2 Å². The molecule has 0 bridgehead atoms. The molecule has 1 aliphatic heterocycles. The van der Waals surface area contributed by atoms with Gasteiger partial charge in [-0.15, -0.1) is 0 Å². The highest BCUT2D eigenvalue weighted by Crippen LogP contribution is 2.23. The Kier molecular flexibility index (Phi) is 6.64. The molecule has 0 saturated carbocycles. The Labute approximate surface area is 133 Å². The van der Waals surface area contributed by atoms with E-state index in [-0.39, 0.29) is 17.9 Å². The first kappa shape index (κ1) is 17.2. The molecule has 1 aromatic rings. The maximum atomic E-state index is 10.4. The molecule has 124 valence electrons. The number of aliphatic hydroxyl groups is 1. The molecule has 2 atom stereocenters. The van der Waals surface area contributed by atoms with E-state index in [1.54, 1.807) is 12.1 Å². The minimum absolute atomic E-state index is 0.163. The summed E-state index contributed by atoms with van der Waals surface area (Å²) in [6.45, 7) is 9.68. The van der Waals surface area contributed by atoms with E-state index >= 15 is 0 Å². The van der Waals surface area contributed by atoms with Crippen LogP contribution in [0, 0.1) is 0 Å². The van der Waals surface area contributed by atoms with E-state index < -0.39 is 0 Å². The summed E-state index contributed by atoms with van der Waals surface area (Å²) in [7, 11) is 0. The Bertz CT molecular complexity index is 449. The zero-order valence-electron chi connectivity index (χ0n) is 13.6. The fourth-order valence-corrected chi connectivity index (χ4v) is 2.97. The monoisotopic (exact) mass is 308 g/mol. The first-order chi connectivity index (χ1) is 10.6. The third-order valence-electron chi connectivity index (χ3n) is 4.32. The largest absolute Gasteiger partial charge is 0.508 e. The van der Waals surface area contributed by atoms with Gasteiger partial charge in [-0.1, -0.05) is 19.1 Å². The Balaban J connectivity index is 1.89. The SMILES string of the molecule is CCN(CC(O)CN1CCOCC1)C(C)c1cccc(O)c1. The molecular formula is C17H28N2O3. The number of phenolic OH excluding ortho intramolecular Hbond substituents is 1. The lowest BCUT2D eigenvalue weighted by atomic mass is 10.1. The summed E-state index contributed by atoms with van der Waals surface area (Å²) in [5.74, 6) is 0.286. The van der Waals surface area contributed by atoms with E-state index in [4.69, 9.17) is 4.74 Å². The van der Waals surface area contributed by atoms with Crippen molar-refractivity contribution in [1.82, 2.24) is 9.80 Å². The Morgan fingerprint density at radius 1 is 1.32 bits per heavy atom. The number of phenols is 1. The standard InChI is InChI=1S/C17H28N2O3/c1-3-19(14(2)15-5-4-6-16(20)11-15)13-17(21)12-18-7-9-22-10-8-18/h4-6,11,14,17,20-21H,3,7-10,12-13H2,1-2H3. The lowest BCUT2D eigenvalue weighted by Crippen LogP contribution is -2.45. The number of morpholine rings is 1. The summed E-state index contributed by atoms with van der Waals surface area (Å²) in [5, 5.41) is 20.0. The second-order valence-electron chi connectivity index (χ2n) is 5.93. The molecule has 5 heteroatoms. The summed E-state index contributed by atoms with van der Waals surface area (Å²) < 4.78 is 5.33. The van der Waals surface area contributed by atoms with Gasteiger partial charge in [0.1, 0.15) is 5.75 Å². The zero-order chi connectivity index (χ0) is 15.9. The first-order valence-electron chi connectivity index (χ1n) is 8.11. The molecular weight excluding hydrogens is 280 g/mol. The van der Waals surface area contributed by atoms with Gasteiger partial charge in [0, 0.05) is 32.2 Å². The van der Waals surface area contributed by atoms with Crippen LogP contribution in [0.3, 0.4) is 0 Å². The molecule has 2 N–H and O–H groups in total. The van der Waals surface area contributed by atoms with Crippen LogP contribution in [0.15, 0.2) is 24.3 Å². The van der Waals surface area contributed by atoms with Crippen molar-refractivity contribution in [3.05, 3.63) is 29.8 Å². The molecule has 1 fully saturated rings. The second kappa shape index (κ2) is 8.48. The van der Waals surface area contributed by atoms with Gasteiger partial charge in [0.2, 0.25) is 0 Å². The third kappa shape index (κ3) is 4.95. The van der Waals surface area contributed by atoms with Gasteiger partial charge in [-0.25, -0.2) is 0 Å². The van der Waals surface area contributed by atoms with Gasteiger partial charge >= 0.3 is 0 Å². The van der Waals surface area contributed by atoms with Crippen molar-refractivity contribution in [2.45, 2.75) is 26.0 Å². The molecule has 0 spiro atoms. The number of hydrogen-bond donors (Lipinski definition) is 2. The Hall–Kier alpha value is -1.14. The van der Waals surface area contributed by atoms with Crippen molar-refractivity contribution in [3.8, 4) is 5.75 Å².